The summed E-state index contributed by atoms with van der Waals surface area (Å²) < 4.78 is 23.9. The lowest BCUT2D eigenvalue weighted by atomic mass is 10.2. The molecule has 6 nitrogen and oxygen atoms in total. The number of benzene rings is 1. The lowest BCUT2D eigenvalue weighted by molar-refractivity contribution is -0.124. The standard InChI is InChI=1S/C14H13FN2O4/c15-7-3-4-9-8(6-7)11(12(21-9)13(16)18)17-14(19)10-2-1-5-20-10/h3-4,6,10H,1-2,5H2,(H2,16,18)(H,17,19)/t10-/m0/s1. The molecule has 1 aromatic heterocycles. The summed E-state index contributed by atoms with van der Waals surface area (Å²) in [5.74, 6) is -1.95. The second-order valence-corrected chi connectivity index (χ2v) is 4.80. The number of carbonyl (C=O) groups excluding carboxylic acids is 2. The van der Waals surface area contributed by atoms with Gasteiger partial charge in [0.05, 0.1) is 0 Å². The molecular weight excluding hydrogens is 279 g/mol. The zero-order chi connectivity index (χ0) is 15.0. The number of rotatable bonds is 3. The fourth-order valence-electron chi connectivity index (χ4n) is 2.36. The van der Waals surface area contributed by atoms with Gasteiger partial charge < -0.3 is 20.2 Å². The second kappa shape index (κ2) is 5.17. The summed E-state index contributed by atoms with van der Waals surface area (Å²) in [6.07, 6.45) is 0.813. The van der Waals surface area contributed by atoms with Crippen molar-refractivity contribution in [2.75, 3.05) is 11.9 Å². The van der Waals surface area contributed by atoms with Gasteiger partial charge in [0.25, 0.3) is 11.8 Å². The Morgan fingerprint density at radius 1 is 1.38 bits per heavy atom. The molecule has 1 aliphatic rings. The van der Waals surface area contributed by atoms with Crippen LogP contribution in [0.25, 0.3) is 11.0 Å². The van der Waals surface area contributed by atoms with Crippen LogP contribution in [0.4, 0.5) is 10.1 Å². The van der Waals surface area contributed by atoms with Crippen LogP contribution in [-0.2, 0) is 9.53 Å². The molecule has 0 spiro atoms. The van der Waals surface area contributed by atoms with Gasteiger partial charge in [-0.05, 0) is 31.0 Å². The third kappa shape index (κ3) is 2.47. The van der Waals surface area contributed by atoms with Crippen LogP contribution in [0.15, 0.2) is 22.6 Å². The average Bonchev–Trinajstić information content (AvgIpc) is 3.07. The zero-order valence-corrected chi connectivity index (χ0v) is 11.0. The van der Waals surface area contributed by atoms with Crippen LogP contribution in [0.3, 0.4) is 0 Å². The van der Waals surface area contributed by atoms with Crippen molar-refractivity contribution in [1.29, 1.82) is 0 Å². The number of amides is 2. The molecule has 3 rings (SSSR count). The first-order valence-electron chi connectivity index (χ1n) is 6.50. The molecule has 1 fully saturated rings. The molecule has 1 saturated heterocycles. The smallest absolute Gasteiger partial charge is 0.286 e. The minimum absolute atomic E-state index is 0.0810. The molecule has 1 aromatic carbocycles. The van der Waals surface area contributed by atoms with E-state index in [0.29, 0.717) is 13.0 Å². The van der Waals surface area contributed by atoms with E-state index in [2.05, 4.69) is 5.32 Å². The maximum atomic E-state index is 13.4. The number of anilines is 1. The second-order valence-electron chi connectivity index (χ2n) is 4.80. The van der Waals surface area contributed by atoms with Crippen molar-refractivity contribution in [2.24, 2.45) is 5.73 Å². The lowest BCUT2D eigenvalue weighted by Gasteiger charge is -2.10. The van der Waals surface area contributed by atoms with E-state index in [4.69, 9.17) is 14.9 Å². The van der Waals surface area contributed by atoms with Crippen LogP contribution >= 0.6 is 0 Å². The van der Waals surface area contributed by atoms with Gasteiger partial charge in [0.15, 0.2) is 0 Å². The zero-order valence-electron chi connectivity index (χ0n) is 11.0. The number of furan rings is 1. The largest absolute Gasteiger partial charge is 0.449 e. The molecule has 2 heterocycles. The van der Waals surface area contributed by atoms with Gasteiger partial charge in [0.1, 0.15) is 23.2 Å². The number of primary amides is 1. The molecule has 21 heavy (non-hydrogen) atoms. The van der Waals surface area contributed by atoms with Crippen LogP contribution < -0.4 is 11.1 Å². The van der Waals surface area contributed by atoms with Crippen molar-refractivity contribution in [1.82, 2.24) is 0 Å². The van der Waals surface area contributed by atoms with E-state index in [9.17, 15) is 14.0 Å². The monoisotopic (exact) mass is 292 g/mol. The summed E-state index contributed by atoms with van der Waals surface area (Å²) >= 11 is 0. The Hall–Kier alpha value is -2.41. The molecular formula is C14H13FN2O4. The van der Waals surface area contributed by atoms with E-state index in [-0.39, 0.29) is 22.4 Å². The van der Waals surface area contributed by atoms with Crippen molar-refractivity contribution in [3.05, 3.63) is 29.8 Å². The van der Waals surface area contributed by atoms with Gasteiger partial charge in [0, 0.05) is 12.0 Å². The highest BCUT2D eigenvalue weighted by Gasteiger charge is 2.27. The van der Waals surface area contributed by atoms with E-state index in [1.165, 1.54) is 18.2 Å². The number of fused-ring (bicyclic) bond motifs is 1. The Bertz CT molecular complexity index is 719. The molecule has 0 radical (unpaired) electrons. The minimum Gasteiger partial charge on any atom is -0.449 e. The van der Waals surface area contributed by atoms with Gasteiger partial charge in [-0.2, -0.15) is 0 Å². The average molecular weight is 292 g/mol. The highest BCUT2D eigenvalue weighted by atomic mass is 19.1. The first-order valence-corrected chi connectivity index (χ1v) is 6.50. The number of hydrogen-bond donors (Lipinski definition) is 2. The van der Waals surface area contributed by atoms with Gasteiger partial charge >= 0.3 is 0 Å². The van der Waals surface area contributed by atoms with E-state index in [1.807, 2.05) is 0 Å². The van der Waals surface area contributed by atoms with Gasteiger partial charge in [-0.3, -0.25) is 9.59 Å². The third-order valence-electron chi connectivity index (χ3n) is 3.34. The van der Waals surface area contributed by atoms with Crippen LogP contribution in [0.2, 0.25) is 0 Å². The third-order valence-corrected chi connectivity index (χ3v) is 3.34. The number of nitrogens with one attached hydrogen (secondary N) is 1. The molecule has 110 valence electrons. The molecule has 1 atom stereocenters. The highest BCUT2D eigenvalue weighted by Crippen LogP contribution is 2.32. The Morgan fingerprint density at radius 2 is 2.19 bits per heavy atom. The lowest BCUT2D eigenvalue weighted by Crippen LogP contribution is -2.27. The summed E-state index contributed by atoms with van der Waals surface area (Å²) in [4.78, 5) is 23.5. The fraction of sp³-hybridized carbons (Fsp3) is 0.286. The fourth-order valence-corrected chi connectivity index (χ4v) is 2.36. The van der Waals surface area contributed by atoms with Gasteiger partial charge in [-0.15, -0.1) is 0 Å². The number of ether oxygens (including phenoxy) is 1. The Labute approximate surface area is 119 Å². The van der Waals surface area contributed by atoms with E-state index in [0.717, 1.165) is 6.42 Å². The van der Waals surface area contributed by atoms with Crippen LogP contribution in [0.1, 0.15) is 23.4 Å². The highest BCUT2D eigenvalue weighted by molar-refractivity contribution is 6.11. The van der Waals surface area contributed by atoms with E-state index in [1.54, 1.807) is 0 Å². The van der Waals surface area contributed by atoms with E-state index < -0.39 is 23.7 Å². The molecule has 0 aliphatic carbocycles. The maximum absolute atomic E-state index is 13.4. The quantitative estimate of drug-likeness (QED) is 0.901. The molecule has 0 saturated carbocycles. The summed E-state index contributed by atoms with van der Waals surface area (Å²) in [5, 5.41) is 2.85. The molecule has 1 aliphatic heterocycles. The predicted molar refractivity (Wildman–Crippen MR) is 72.3 cm³/mol. The SMILES string of the molecule is NC(=O)c1oc2ccc(F)cc2c1NC(=O)[C@@H]1CCCO1. The van der Waals surface area contributed by atoms with Crippen LogP contribution in [0.5, 0.6) is 0 Å². The minimum atomic E-state index is -0.839. The first-order chi connectivity index (χ1) is 10.1. The Morgan fingerprint density at radius 3 is 2.86 bits per heavy atom. The summed E-state index contributed by atoms with van der Waals surface area (Å²) in [6, 6.07) is 3.75. The van der Waals surface area contributed by atoms with Crippen LogP contribution in [-0.4, -0.2) is 24.5 Å². The van der Waals surface area contributed by atoms with Crippen molar-refractivity contribution in [3.8, 4) is 0 Å². The first kappa shape index (κ1) is 13.6. The predicted octanol–water partition coefficient (Wildman–Crippen LogP) is 1.79. The number of halogens is 1. The maximum Gasteiger partial charge on any atom is 0.286 e. The Kier molecular flexibility index (Phi) is 3.34. The molecule has 0 unspecified atom stereocenters. The van der Waals surface area contributed by atoms with Gasteiger partial charge in [-0.1, -0.05) is 0 Å². The molecule has 2 amide bonds. The number of hydrogen-bond acceptors (Lipinski definition) is 4. The van der Waals surface area contributed by atoms with E-state index >= 15 is 0 Å². The summed E-state index contributed by atoms with van der Waals surface area (Å²) in [7, 11) is 0. The van der Waals surface area contributed by atoms with Crippen molar-refractivity contribution in [2.45, 2.75) is 18.9 Å². The summed E-state index contributed by atoms with van der Waals surface area (Å²) in [5.41, 5.74) is 5.59. The number of nitrogens with two attached hydrogens (primary N) is 1. The topological polar surface area (TPSA) is 94.6 Å². The van der Waals surface area contributed by atoms with Crippen molar-refractivity contribution < 1.29 is 23.1 Å². The van der Waals surface area contributed by atoms with Gasteiger partial charge in [0.2, 0.25) is 5.76 Å². The van der Waals surface area contributed by atoms with Crippen molar-refractivity contribution in [3.63, 3.8) is 0 Å². The Balaban J connectivity index is 2.02. The molecule has 3 N–H and O–H groups in total. The molecule has 2 aromatic rings. The number of carbonyl (C=O) groups is 2. The van der Waals surface area contributed by atoms with Gasteiger partial charge in [-0.25, -0.2) is 4.39 Å². The molecule has 7 heteroatoms. The van der Waals surface area contributed by atoms with Crippen molar-refractivity contribution >= 4 is 28.5 Å². The normalized spacial score (nSPS) is 18.0. The van der Waals surface area contributed by atoms with Crippen LogP contribution in [0, 0.1) is 5.82 Å². The molecule has 0 bridgehead atoms. The summed E-state index contributed by atoms with van der Waals surface area (Å²) in [6.45, 7) is 0.515.